The van der Waals surface area contributed by atoms with Gasteiger partial charge in [0.2, 0.25) is 10.0 Å². The van der Waals surface area contributed by atoms with Gasteiger partial charge in [0, 0.05) is 39.1 Å². The highest BCUT2D eigenvalue weighted by Crippen LogP contribution is 2.25. The highest BCUT2D eigenvalue weighted by atomic mass is 32.2. The maximum Gasteiger partial charge on any atom is 0.244 e. The molecule has 1 aromatic carbocycles. The standard InChI is InChI=1S/C14H19N3O3S/c1-17-11-13(21(18,19)15-9-6-10-20-2)14(16-17)12-7-4-3-5-8-12/h3-5,7-8,11,15H,6,9-10H2,1-2H3. The van der Waals surface area contributed by atoms with Crippen LogP contribution in [0.3, 0.4) is 0 Å². The first-order valence-corrected chi connectivity index (χ1v) is 8.10. The molecule has 1 N–H and O–H groups in total. The van der Waals surface area contributed by atoms with E-state index in [1.54, 1.807) is 14.2 Å². The molecule has 0 aliphatic carbocycles. The summed E-state index contributed by atoms with van der Waals surface area (Å²) in [5.74, 6) is 0. The molecule has 0 unspecified atom stereocenters. The number of nitrogens with one attached hydrogen (secondary N) is 1. The molecule has 6 nitrogen and oxygen atoms in total. The van der Waals surface area contributed by atoms with Crippen LogP contribution in [0.2, 0.25) is 0 Å². The lowest BCUT2D eigenvalue weighted by Gasteiger charge is -2.06. The first-order valence-electron chi connectivity index (χ1n) is 6.62. The average Bonchev–Trinajstić information content (AvgIpc) is 2.88. The highest BCUT2D eigenvalue weighted by molar-refractivity contribution is 7.89. The zero-order valence-corrected chi connectivity index (χ0v) is 12.9. The second-order valence-electron chi connectivity index (χ2n) is 4.63. The Bertz CT molecular complexity index is 681. The quantitative estimate of drug-likeness (QED) is 0.785. The fourth-order valence-corrected chi connectivity index (χ4v) is 3.23. The molecule has 2 rings (SSSR count). The van der Waals surface area contributed by atoms with Crippen molar-refractivity contribution in [2.75, 3.05) is 20.3 Å². The first kappa shape index (κ1) is 15.7. The minimum atomic E-state index is -3.59. The lowest BCUT2D eigenvalue weighted by molar-refractivity contribution is 0.196. The van der Waals surface area contributed by atoms with Gasteiger partial charge in [-0.1, -0.05) is 30.3 Å². The minimum absolute atomic E-state index is 0.189. The molecule has 0 radical (unpaired) electrons. The van der Waals surface area contributed by atoms with E-state index in [1.807, 2.05) is 30.3 Å². The van der Waals surface area contributed by atoms with Crippen molar-refractivity contribution >= 4 is 10.0 Å². The molecule has 2 aromatic rings. The molecule has 0 aliphatic rings. The predicted octanol–water partition coefficient (Wildman–Crippen LogP) is 1.40. The number of rotatable bonds is 7. The van der Waals surface area contributed by atoms with Crippen LogP contribution < -0.4 is 4.72 Å². The average molecular weight is 309 g/mol. The number of nitrogens with zero attached hydrogens (tertiary/aromatic N) is 2. The summed E-state index contributed by atoms with van der Waals surface area (Å²) in [6.07, 6.45) is 2.14. The highest BCUT2D eigenvalue weighted by Gasteiger charge is 2.22. The Labute approximate surface area is 124 Å². The Morgan fingerprint density at radius 2 is 2.00 bits per heavy atom. The molecule has 114 valence electrons. The van der Waals surface area contributed by atoms with Gasteiger partial charge in [-0.2, -0.15) is 5.10 Å². The van der Waals surface area contributed by atoms with Gasteiger partial charge in [-0.15, -0.1) is 0 Å². The summed E-state index contributed by atoms with van der Waals surface area (Å²) in [5.41, 5.74) is 1.23. The number of aromatic nitrogens is 2. The third kappa shape index (κ3) is 3.90. The lowest BCUT2D eigenvalue weighted by atomic mass is 10.2. The third-order valence-corrected chi connectivity index (χ3v) is 4.41. The number of hydrogen-bond acceptors (Lipinski definition) is 4. The molecule has 0 bridgehead atoms. The molecule has 7 heteroatoms. The number of hydrogen-bond donors (Lipinski definition) is 1. The van der Waals surface area contributed by atoms with Crippen molar-refractivity contribution in [1.29, 1.82) is 0 Å². The van der Waals surface area contributed by atoms with E-state index in [1.165, 1.54) is 10.9 Å². The molecule has 21 heavy (non-hydrogen) atoms. The van der Waals surface area contributed by atoms with Crippen molar-refractivity contribution < 1.29 is 13.2 Å². The van der Waals surface area contributed by atoms with E-state index in [4.69, 9.17) is 4.74 Å². The normalized spacial score (nSPS) is 11.7. The van der Waals surface area contributed by atoms with E-state index >= 15 is 0 Å². The van der Waals surface area contributed by atoms with Crippen LogP contribution >= 0.6 is 0 Å². The molecule has 0 spiro atoms. The predicted molar refractivity (Wildman–Crippen MR) is 80.3 cm³/mol. The largest absolute Gasteiger partial charge is 0.385 e. The second kappa shape index (κ2) is 6.84. The molecular formula is C14H19N3O3S. The summed E-state index contributed by atoms with van der Waals surface area (Å²) in [6, 6.07) is 9.26. The summed E-state index contributed by atoms with van der Waals surface area (Å²) in [5, 5.41) is 4.26. The van der Waals surface area contributed by atoms with Crippen molar-refractivity contribution in [1.82, 2.24) is 14.5 Å². The number of methoxy groups -OCH3 is 1. The molecule has 0 saturated heterocycles. The van der Waals surface area contributed by atoms with Gasteiger partial charge in [-0.05, 0) is 6.42 Å². The van der Waals surface area contributed by atoms with Crippen LogP contribution in [0.25, 0.3) is 11.3 Å². The number of sulfonamides is 1. The number of ether oxygens (including phenoxy) is 1. The third-order valence-electron chi connectivity index (χ3n) is 2.95. The van der Waals surface area contributed by atoms with Gasteiger partial charge >= 0.3 is 0 Å². The Kier molecular flexibility index (Phi) is 5.11. The van der Waals surface area contributed by atoms with Crippen molar-refractivity contribution in [3.63, 3.8) is 0 Å². The smallest absolute Gasteiger partial charge is 0.244 e. The molecule has 0 aliphatic heterocycles. The van der Waals surface area contributed by atoms with Gasteiger partial charge in [-0.25, -0.2) is 13.1 Å². The van der Waals surface area contributed by atoms with Gasteiger partial charge in [-0.3, -0.25) is 4.68 Å². The summed E-state index contributed by atoms with van der Waals surface area (Å²) in [4.78, 5) is 0.189. The Balaban J connectivity index is 2.27. The Morgan fingerprint density at radius 3 is 2.67 bits per heavy atom. The Hall–Kier alpha value is -1.70. The monoisotopic (exact) mass is 309 g/mol. The van der Waals surface area contributed by atoms with Crippen LogP contribution in [0, 0.1) is 0 Å². The fraction of sp³-hybridized carbons (Fsp3) is 0.357. The lowest BCUT2D eigenvalue weighted by Crippen LogP contribution is -2.25. The molecule has 0 saturated carbocycles. The van der Waals surface area contributed by atoms with Gasteiger partial charge in [0.25, 0.3) is 0 Å². The van der Waals surface area contributed by atoms with E-state index in [2.05, 4.69) is 9.82 Å². The Morgan fingerprint density at radius 1 is 1.29 bits per heavy atom. The zero-order valence-electron chi connectivity index (χ0n) is 12.1. The van der Waals surface area contributed by atoms with Gasteiger partial charge in [0.15, 0.2) is 0 Å². The van der Waals surface area contributed by atoms with Crippen molar-refractivity contribution in [2.45, 2.75) is 11.3 Å². The first-order chi connectivity index (χ1) is 10.0. The van der Waals surface area contributed by atoms with Crippen molar-refractivity contribution in [3.8, 4) is 11.3 Å². The van der Waals surface area contributed by atoms with E-state index in [0.717, 1.165) is 5.56 Å². The second-order valence-corrected chi connectivity index (χ2v) is 6.36. The fourth-order valence-electron chi connectivity index (χ4n) is 1.96. The van der Waals surface area contributed by atoms with Gasteiger partial charge < -0.3 is 4.74 Å². The van der Waals surface area contributed by atoms with Crippen LogP contribution in [0.1, 0.15) is 6.42 Å². The van der Waals surface area contributed by atoms with Crippen molar-refractivity contribution in [2.24, 2.45) is 7.05 Å². The van der Waals surface area contributed by atoms with Gasteiger partial charge in [0.05, 0.1) is 0 Å². The molecule has 0 amide bonds. The van der Waals surface area contributed by atoms with E-state index in [0.29, 0.717) is 25.3 Å². The van der Waals surface area contributed by atoms with Crippen LogP contribution in [0.5, 0.6) is 0 Å². The summed E-state index contributed by atoms with van der Waals surface area (Å²) in [7, 11) is -0.296. The summed E-state index contributed by atoms with van der Waals surface area (Å²) in [6.45, 7) is 0.848. The summed E-state index contributed by atoms with van der Waals surface area (Å²) >= 11 is 0. The van der Waals surface area contributed by atoms with Crippen molar-refractivity contribution in [3.05, 3.63) is 36.5 Å². The summed E-state index contributed by atoms with van der Waals surface area (Å²) < 4.78 is 33.8. The molecule has 1 heterocycles. The minimum Gasteiger partial charge on any atom is -0.385 e. The van der Waals surface area contributed by atoms with Crippen LogP contribution in [0.15, 0.2) is 41.4 Å². The zero-order chi connectivity index (χ0) is 15.3. The molecular weight excluding hydrogens is 290 g/mol. The van der Waals surface area contributed by atoms with E-state index < -0.39 is 10.0 Å². The molecule has 1 aromatic heterocycles. The maximum absolute atomic E-state index is 12.4. The van der Waals surface area contributed by atoms with Crippen LogP contribution in [0.4, 0.5) is 0 Å². The number of aryl methyl sites for hydroxylation is 1. The number of benzene rings is 1. The van der Waals surface area contributed by atoms with Crippen LogP contribution in [-0.4, -0.2) is 38.5 Å². The van der Waals surface area contributed by atoms with Gasteiger partial charge in [0.1, 0.15) is 10.6 Å². The topological polar surface area (TPSA) is 73.2 Å². The maximum atomic E-state index is 12.4. The van der Waals surface area contributed by atoms with E-state index in [-0.39, 0.29) is 4.90 Å². The van der Waals surface area contributed by atoms with E-state index in [9.17, 15) is 8.42 Å². The molecule has 0 fully saturated rings. The van der Waals surface area contributed by atoms with Crippen LogP contribution in [-0.2, 0) is 21.8 Å². The SMILES string of the molecule is COCCCNS(=O)(=O)c1cn(C)nc1-c1ccccc1. The molecule has 0 atom stereocenters.